The molecule has 4 rings (SSSR count). The fraction of sp³-hybridized carbons (Fsp3) is 0.480. The van der Waals surface area contributed by atoms with Crippen LogP contribution in [-0.2, 0) is 0 Å². The Morgan fingerprint density at radius 2 is 1.71 bits per heavy atom. The van der Waals surface area contributed by atoms with Crippen LogP contribution in [0.25, 0.3) is 22.2 Å². The van der Waals surface area contributed by atoms with Crippen molar-refractivity contribution in [3.8, 4) is 11.3 Å². The van der Waals surface area contributed by atoms with Gasteiger partial charge in [-0.1, -0.05) is 19.9 Å². The highest BCUT2D eigenvalue weighted by molar-refractivity contribution is 5.92. The van der Waals surface area contributed by atoms with E-state index in [9.17, 15) is 5.11 Å². The Kier molecular flexibility index (Phi) is 4.83. The third-order valence-electron chi connectivity index (χ3n) is 6.34. The van der Waals surface area contributed by atoms with E-state index in [1.165, 1.54) is 33.3 Å². The van der Waals surface area contributed by atoms with Gasteiger partial charge < -0.3 is 10.1 Å². The molecule has 2 N–H and O–H groups in total. The van der Waals surface area contributed by atoms with Gasteiger partial charge in [0, 0.05) is 27.9 Å². The Balaban J connectivity index is 1.80. The number of rotatable bonds is 3. The standard InChI is InChI=1S/C25H32N2O/c1-15(2)23-21-14-19(18-8-10-25(5,28)11-9-18)6-7-22(21)27-24(23)20-12-16(3)26-17(4)13-20/h6-7,12-15,18,27-28H,8-11H2,1-5H3. The van der Waals surface area contributed by atoms with Gasteiger partial charge in [-0.25, -0.2) is 0 Å². The predicted molar refractivity (Wildman–Crippen MR) is 117 cm³/mol. The Morgan fingerprint density at radius 3 is 2.32 bits per heavy atom. The van der Waals surface area contributed by atoms with Crippen LogP contribution in [0.1, 0.15) is 80.8 Å². The normalized spacial score (nSPS) is 22.9. The molecule has 2 aromatic heterocycles. The molecule has 2 heterocycles. The molecule has 1 aromatic carbocycles. The number of hydrogen-bond donors (Lipinski definition) is 2. The van der Waals surface area contributed by atoms with Gasteiger partial charge in [0.1, 0.15) is 0 Å². The van der Waals surface area contributed by atoms with Crippen molar-refractivity contribution in [3.63, 3.8) is 0 Å². The molecule has 3 nitrogen and oxygen atoms in total. The highest BCUT2D eigenvalue weighted by Crippen LogP contribution is 2.41. The summed E-state index contributed by atoms with van der Waals surface area (Å²) in [6, 6.07) is 11.3. The SMILES string of the molecule is Cc1cc(-c2[nH]c3ccc(C4CCC(C)(O)CC4)cc3c2C(C)C)cc(C)n1. The highest BCUT2D eigenvalue weighted by atomic mass is 16.3. The quantitative estimate of drug-likeness (QED) is 0.557. The van der Waals surface area contributed by atoms with Gasteiger partial charge in [-0.2, -0.15) is 0 Å². The van der Waals surface area contributed by atoms with Crippen molar-refractivity contribution in [2.45, 2.75) is 77.7 Å². The number of aromatic amines is 1. The van der Waals surface area contributed by atoms with E-state index in [1.807, 2.05) is 6.92 Å². The Bertz CT molecular complexity index is 983. The molecule has 1 fully saturated rings. The van der Waals surface area contributed by atoms with Crippen LogP contribution in [0.2, 0.25) is 0 Å². The van der Waals surface area contributed by atoms with Crippen LogP contribution in [0.3, 0.4) is 0 Å². The van der Waals surface area contributed by atoms with Gasteiger partial charge in [-0.3, -0.25) is 4.98 Å². The molecule has 0 aliphatic heterocycles. The number of pyridine rings is 1. The van der Waals surface area contributed by atoms with Gasteiger partial charge in [-0.15, -0.1) is 0 Å². The number of nitrogens with zero attached hydrogens (tertiary/aromatic N) is 1. The molecule has 0 spiro atoms. The number of H-pyrrole nitrogens is 1. The fourth-order valence-electron chi connectivity index (χ4n) is 4.86. The molecule has 3 aromatic rings. The first-order valence-electron chi connectivity index (χ1n) is 10.6. The molecule has 0 amide bonds. The largest absolute Gasteiger partial charge is 0.390 e. The zero-order valence-corrected chi connectivity index (χ0v) is 17.8. The lowest BCUT2D eigenvalue weighted by Crippen LogP contribution is -2.29. The van der Waals surface area contributed by atoms with E-state index in [4.69, 9.17) is 0 Å². The third-order valence-corrected chi connectivity index (χ3v) is 6.34. The van der Waals surface area contributed by atoms with Gasteiger partial charge in [0.15, 0.2) is 0 Å². The van der Waals surface area contributed by atoms with Gasteiger partial charge in [0.05, 0.1) is 11.3 Å². The number of hydrogen-bond acceptors (Lipinski definition) is 2. The van der Waals surface area contributed by atoms with E-state index in [1.54, 1.807) is 0 Å². The summed E-state index contributed by atoms with van der Waals surface area (Å²) in [7, 11) is 0. The second-order valence-corrected chi connectivity index (χ2v) is 9.28. The zero-order chi connectivity index (χ0) is 20.1. The molecule has 0 radical (unpaired) electrons. The maximum atomic E-state index is 10.3. The number of benzene rings is 1. The molecule has 1 aliphatic carbocycles. The number of aliphatic hydroxyl groups is 1. The summed E-state index contributed by atoms with van der Waals surface area (Å²) >= 11 is 0. The van der Waals surface area contributed by atoms with Crippen molar-refractivity contribution in [1.29, 1.82) is 0 Å². The van der Waals surface area contributed by atoms with Gasteiger partial charge in [0.25, 0.3) is 0 Å². The van der Waals surface area contributed by atoms with Gasteiger partial charge in [-0.05, 0) is 93.7 Å². The van der Waals surface area contributed by atoms with Crippen molar-refractivity contribution in [2.24, 2.45) is 0 Å². The zero-order valence-electron chi connectivity index (χ0n) is 17.8. The minimum Gasteiger partial charge on any atom is -0.390 e. The maximum absolute atomic E-state index is 10.3. The summed E-state index contributed by atoms with van der Waals surface area (Å²) in [4.78, 5) is 8.23. The summed E-state index contributed by atoms with van der Waals surface area (Å²) in [6.07, 6.45) is 3.91. The number of nitrogens with one attached hydrogen (secondary N) is 1. The van der Waals surface area contributed by atoms with Crippen LogP contribution < -0.4 is 0 Å². The van der Waals surface area contributed by atoms with E-state index in [-0.39, 0.29) is 0 Å². The first-order chi connectivity index (χ1) is 13.2. The van der Waals surface area contributed by atoms with Crippen LogP contribution in [0.15, 0.2) is 30.3 Å². The summed E-state index contributed by atoms with van der Waals surface area (Å²) in [6.45, 7) is 10.6. The third kappa shape index (κ3) is 3.60. The van der Waals surface area contributed by atoms with E-state index in [2.05, 4.69) is 68.0 Å². The predicted octanol–water partition coefficient (Wildman–Crippen LogP) is 6.38. The van der Waals surface area contributed by atoms with Crippen molar-refractivity contribution in [3.05, 3.63) is 52.8 Å². The van der Waals surface area contributed by atoms with Crippen molar-refractivity contribution in [1.82, 2.24) is 9.97 Å². The Morgan fingerprint density at radius 1 is 1.07 bits per heavy atom. The Hall–Kier alpha value is -2.13. The maximum Gasteiger partial charge on any atom is 0.0620 e. The summed E-state index contributed by atoms with van der Waals surface area (Å²) in [5, 5.41) is 11.6. The topological polar surface area (TPSA) is 48.9 Å². The number of fused-ring (bicyclic) bond motifs is 1. The Labute approximate surface area is 168 Å². The second-order valence-electron chi connectivity index (χ2n) is 9.28. The first-order valence-corrected chi connectivity index (χ1v) is 10.6. The van der Waals surface area contributed by atoms with E-state index >= 15 is 0 Å². The second kappa shape index (κ2) is 7.04. The average molecular weight is 377 g/mol. The van der Waals surface area contributed by atoms with Crippen LogP contribution in [0.5, 0.6) is 0 Å². The summed E-state index contributed by atoms with van der Waals surface area (Å²) < 4.78 is 0. The van der Waals surface area contributed by atoms with Crippen LogP contribution >= 0.6 is 0 Å². The molecule has 3 heteroatoms. The first kappa shape index (κ1) is 19.2. The minimum atomic E-state index is -0.484. The van der Waals surface area contributed by atoms with E-state index in [0.717, 1.165) is 37.1 Å². The molecule has 1 aliphatic rings. The summed E-state index contributed by atoms with van der Waals surface area (Å²) in [5.74, 6) is 0.980. The van der Waals surface area contributed by atoms with Gasteiger partial charge >= 0.3 is 0 Å². The highest BCUT2D eigenvalue weighted by Gasteiger charge is 2.29. The van der Waals surface area contributed by atoms with Crippen LogP contribution in [-0.4, -0.2) is 20.7 Å². The molecule has 28 heavy (non-hydrogen) atoms. The lowest BCUT2D eigenvalue weighted by atomic mass is 9.77. The van der Waals surface area contributed by atoms with Crippen molar-refractivity contribution in [2.75, 3.05) is 0 Å². The minimum absolute atomic E-state index is 0.430. The van der Waals surface area contributed by atoms with Crippen LogP contribution in [0, 0.1) is 13.8 Å². The lowest BCUT2D eigenvalue weighted by molar-refractivity contribution is 0.0172. The molecule has 148 valence electrons. The molecule has 0 atom stereocenters. The van der Waals surface area contributed by atoms with Crippen molar-refractivity contribution >= 4 is 10.9 Å². The number of aryl methyl sites for hydroxylation is 2. The smallest absolute Gasteiger partial charge is 0.0620 e. The number of aromatic nitrogens is 2. The fourth-order valence-corrected chi connectivity index (χ4v) is 4.86. The lowest BCUT2D eigenvalue weighted by Gasteiger charge is -2.33. The van der Waals surface area contributed by atoms with Crippen molar-refractivity contribution < 1.29 is 5.11 Å². The average Bonchev–Trinajstić information content (AvgIpc) is 3.00. The summed E-state index contributed by atoms with van der Waals surface area (Å²) in [5.41, 5.74) is 8.08. The molecule has 0 saturated heterocycles. The van der Waals surface area contributed by atoms with Gasteiger partial charge in [0.2, 0.25) is 0 Å². The van der Waals surface area contributed by atoms with E-state index < -0.39 is 5.60 Å². The molecule has 0 unspecified atom stereocenters. The molecule has 1 saturated carbocycles. The molecular formula is C25H32N2O. The van der Waals surface area contributed by atoms with Crippen LogP contribution in [0.4, 0.5) is 0 Å². The molecule has 0 bridgehead atoms. The van der Waals surface area contributed by atoms with E-state index in [0.29, 0.717) is 11.8 Å². The monoisotopic (exact) mass is 376 g/mol. The molecular weight excluding hydrogens is 344 g/mol.